The molecule has 0 aromatic carbocycles. The summed E-state index contributed by atoms with van der Waals surface area (Å²) >= 11 is 5.56. The summed E-state index contributed by atoms with van der Waals surface area (Å²) in [5.41, 5.74) is 1.40. The predicted molar refractivity (Wildman–Crippen MR) is 63.8 cm³/mol. The van der Waals surface area contributed by atoms with E-state index in [9.17, 15) is 4.79 Å². The maximum absolute atomic E-state index is 11.5. The highest BCUT2D eigenvalue weighted by Crippen LogP contribution is 2.38. The Bertz CT molecular complexity index is 283. The van der Waals surface area contributed by atoms with Crippen LogP contribution in [0.15, 0.2) is 11.8 Å². The van der Waals surface area contributed by atoms with Gasteiger partial charge in [0, 0.05) is 12.7 Å². The number of halogens is 1. The Hall–Kier alpha value is -0.500. The lowest BCUT2D eigenvalue weighted by atomic mass is 9.75. The second-order valence-corrected chi connectivity index (χ2v) is 5.53. The molecule has 3 heteroatoms. The fourth-order valence-electron chi connectivity index (χ4n) is 2.36. The zero-order valence-electron chi connectivity index (χ0n) is 10.0. The number of alkyl halides is 1. The Kier molecular flexibility index (Phi) is 3.82. The van der Waals surface area contributed by atoms with Gasteiger partial charge in [-0.05, 0) is 24.2 Å². The molecule has 0 heterocycles. The first kappa shape index (κ1) is 12.6. The number of hydrogen-bond acceptors (Lipinski definition) is 1. The van der Waals surface area contributed by atoms with Gasteiger partial charge in [0.05, 0.1) is 0 Å². The van der Waals surface area contributed by atoms with Gasteiger partial charge < -0.3 is 4.90 Å². The Balaban J connectivity index is 2.81. The van der Waals surface area contributed by atoms with Crippen molar-refractivity contribution in [3.8, 4) is 0 Å². The third-order valence-electron chi connectivity index (χ3n) is 2.93. The molecule has 86 valence electrons. The number of allylic oxidation sites excluding steroid dienone is 2. The Labute approximate surface area is 97.3 Å². The summed E-state index contributed by atoms with van der Waals surface area (Å²) in [5, 5.41) is 0. The molecule has 0 aliphatic heterocycles. The van der Waals surface area contributed by atoms with Crippen molar-refractivity contribution in [2.45, 2.75) is 33.6 Å². The van der Waals surface area contributed by atoms with Crippen LogP contribution in [-0.2, 0) is 4.79 Å². The number of nitrogens with zero attached hydrogens (tertiary/aromatic N) is 1. The molecular formula is C12H20ClNO. The van der Waals surface area contributed by atoms with Crippen LogP contribution in [0.3, 0.4) is 0 Å². The SMILES string of the molecule is CC1C=C(N(C)C(=O)CCl)CC(C)(C)C1. The second-order valence-electron chi connectivity index (χ2n) is 5.27. The van der Waals surface area contributed by atoms with Crippen LogP contribution in [0.25, 0.3) is 0 Å². The van der Waals surface area contributed by atoms with Crippen LogP contribution in [0.4, 0.5) is 0 Å². The lowest BCUT2D eigenvalue weighted by molar-refractivity contribution is -0.125. The van der Waals surface area contributed by atoms with Crippen molar-refractivity contribution < 1.29 is 4.79 Å². The summed E-state index contributed by atoms with van der Waals surface area (Å²) in [7, 11) is 1.81. The molecule has 1 aliphatic carbocycles. The maximum Gasteiger partial charge on any atom is 0.241 e. The minimum Gasteiger partial charge on any atom is -0.319 e. The molecule has 1 amide bonds. The maximum atomic E-state index is 11.5. The van der Waals surface area contributed by atoms with Crippen molar-refractivity contribution in [3.63, 3.8) is 0 Å². The summed E-state index contributed by atoms with van der Waals surface area (Å²) in [6.07, 6.45) is 4.32. The molecule has 2 nitrogen and oxygen atoms in total. The Morgan fingerprint density at radius 3 is 2.73 bits per heavy atom. The first-order valence-corrected chi connectivity index (χ1v) is 5.92. The van der Waals surface area contributed by atoms with Crippen LogP contribution < -0.4 is 0 Å². The zero-order chi connectivity index (χ0) is 11.6. The third-order valence-corrected chi connectivity index (χ3v) is 3.16. The van der Waals surface area contributed by atoms with E-state index in [1.807, 2.05) is 7.05 Å². The van der Waals surface area contributed by atoms with Gasteiger partial charge in [-0.1, -0.05) is 26.8 Å². The van der Waals surface area contributed by atoms with Gasteiger partial charge in [-0.2, -0.15) is 0 Å². The number of rotatable bonds is 2. The molecule has 1 rings (SSSR count). The third kappa shape index (κ3) is 3.23. The van der Waals surface area contributed by atoms with Gasteiger partial charge in [-0.25, -0.2) is 0 Å². The molecule has 0 spiro atoms. The highest BCUT2D eigenvalue weighted by Gasteiger charge is 2.29. The van der Waals surface area contributed by atoms with Crippen LogP contribution >= 0.6 is 11.6 Å². The first-order chi connectivity index (χ1) is 6.85. The lowest BCUT2D eigenvalue weighted by Crippen LogP contribution is -2.33. The van der Waals surface area contributed by atoms with E-state index in [1.54, 1.807) is 4.90 Å². The van der Waals surface area contributed by atoms with Crippen molar-refractivity contribution in [1.82, 2.24) is 4.90 Å². The fourth-order valence-corrected chi connectivity index (χ4v) is 2.54. The van der Waals surface area contributed by atoms with Crippen LogP contribution in [0.5, 0.6) is 0 Å². The van der Waals surface area contributed by atoms with Crippen LogP contribution in [-0.4, -0.2) is 23.7 Å². The van der Waals surface area contributed by atoms with E-state index in [1.165, 1.54) is 6.42 Å². The van der Waals surface area contributed by atoms with E-state index in [4.69, 9.17) is 11.6 Å². The van der Waals surface area contributed by atoms with Crippen molar-refractivity contribution in [1.29, 1.82) is 0 Å². The lowest BCUT2D eigenvalue weighted by Gasteiger charge is -2.36. The normalized spacial score (nSPS) is 24.6. The van der Waals surface area contributed by atoms with Crippen LogP contribution in [0.1, 0.15) is 33.6 Å². The monoisotopic (exact) mass is 229 g/mol. The summed E-state index contributed by atoms with van der Waals surface area (Å²) < 4.78 is 0. The Morgan fingerprint density at radius 2 is 2.27 bits per heavy atom. The quantitative estimate of drug-likeness (QED) is 0.667. The topological polar surface area (TPSA) is 20.3 Å². The summed E-state index contributed by atoms with van der Waals surface area (Å²) in [5.74, 6) is 0.574. The molecular weight excluding hydrogens is 210 g/mol. The van der Waals surface area contributed by atoms with Crippen LogP contribution in [0.2, 0.25) is 0 Å². The minimum atomic E-state index is -0.0205. The summed E-state index contributed by atoms with van der Waals surface area (Å²) in [6.45, 7) is 6.69. The van der Waals surface area contributed by atoms with Gasteiger partial charge in [0.1, 0.15) is 5.88 Å². The standard InChI is InChI=1S/C12H20ClNO/c1-9-5-10(7-12(2,3)6-9)14(4)11(15)8-13/h5,9H,6-8H2,1-4H3. The largest absolute Gasteiger partial charge is 0.319 e. The number of carbonyl (C=O) groups is 1. The van der Waals surface area contributed by atoms with Gasteiger partial charge in [0.25, 0.3) is 0 Å². The molecule has 0 radical (unpaired) electrons. The first-order valence-electron chi connectivity index (χ1n) is 5.39. The molecule has 15 heavy (non-hydrogen) atoms. The average molecular weight is 230 g/mol. The number of amides is 1. The molecule has 1 unspecified atom stereocenters. The van der Waals surface area contributed by atoms with Gasteiger partial charge in [0.15, 0.2) is 0 Å². The van der Waals surface area contributed by atoms with Gasteiger partial charge >= 0.3 is 0 Å². The molecule has 0 fully saturated rings. The van der Waals surface area contributed by atoms with Crippen LogP contribution in [0, 0.1) is 11.3 Å². The molecule has 0 aromatic heterocycles. The molecule has 1 atom stereocenters. The molecule has 0 saturated heterocycles. The molecule has 0 bridgehead atoms. The van der Waals surface area contributed by atoms with E-state index in [0.29, 0.717) is 5.92 Å². The molecule has 0 saturated carbocycles. The van der Waals surface area contributed by atoms with Gasteiger partial charge in [-0.3, -0.25) is 4.79 Å². The number of carbonyl (C=O) groups excluding carboxylic acids is 1. The molecule has 0 aromatic rings. The number of hydrogen-bond donors (Lipinski definition) is 0. The van der Waals surface area contributed by atoms with E-state index < -0.39 is 0 Å². The predicted octanol–water partition coefficient (Wildman–Crippen LogP) is 3.02. The summed E-state index contributed by atoms with van der Waals surface area (Å²) in [6, 6.07) is 0. The van der Waals surface area contributed by atoms with E-state index >= 15 is 0 Å². The van der Waals surface area contributed by atoms with Crippen molar-refractivity contribution >= 4 is 17.5 Å². The summed E-state index contributed by atoms with van der Waals surface area (Å²) in [4.78, 5) is 13.2. The van der Waals surface area contributed by atoms with Crippen molar-refractivity contribution in [2.24, 2.45) is 11.3 Å². The van der Waals surface area contributed by atoms with Gasteiger partial charge in [0.2, 0.25) is 5.91 Å². The van der Waals surface area contributed by atoms with E-state index in [2.05, 4.69) is 26.8 Å². The van der Waals surface area contributed by atoms with E-state index in [-0.39, 0.29) is 17.2 Å². The minimum absolute atomic E-state index is 0.0205. The highest BCUT2D eigenvalue weighted by atomic mass is 35.5. The smallest absolute Gasteiger partial charge is 0.241 e. The average Bonchev–Trinajstić information content (AvgIpc) is 2.12. The molecule has 0 N–H and O–H groups in total. The van der Waals surface area contributed by atoms with Crippen molar-refractivity contribution in [3.05, 3.63) is 11.8 Å². The van der Waals surface area contributed by atoms with Crippen molar-refractivity contribution in [2.75, 3.05) is 12.9 Å². The zero-order valence-corrected chi connectivity index (χ0v) is 10.8. The Morgan fingerprint density at radius 1 is 1.67 bits per heavy atom. The highest BCUT2D eigenvalue weighted by molar-refractivity contribution is 6.27. The molecule has 1 aliphatic rings. The second kappa shape index (κ2) is 4.56. The van der Waals surface area contributed by atoms with Gasteiger partial charge in [-0.15, -0.1) is 11.6 Å². The van der Waals surface area contributed by atoms with E-state index in [0.717, 1.165) is 12.1 Å². The fraction of sp³-hybridized carbons (Fsp3) is 0.750.